The van der Waals surface area contributed by atoms with Gasteiger partial charge in [-0.25, -0.2) is 9.36 Å². The third-order valence-electron chi connectivity index (χ3n) is 28.5. The summed E-state index contributed by atoms with van der Waals surface area (Å²) < 4.78 is 7.93. The van der Waals surface area contributed by atoms with E-state index in [2.05, 4.69) is 88.5 Å². The lowest BCUT2D eigenvalue weighted by Crippen LogP contribution is -2.61. The maximum Gasteiger partial charge on any atom is 0.407 e. The van der Waals surface area contributed by atoms with Crippen molar-refractivity contribution in [3.8, 4) is 0 Å². The van der Waals surface area contributed by atoms with Gasteiger partial charge in [0.05, 0.1) is 49.5 Å². The van der Waals surface area contributed by atoms with Gasteiger partial charge in [-0.05, 0) is 174 Å². The molecule has 23 atom stereocenters. The number of ketones is 1. The molecule has 0 radical (unpaired) electrons. The molecule has 0 bridgehead atoms. The van der Waals surface area contributed by atoms with Gasteiger partial charge in [-0.1, -0.05) is 172 Å². The molecule has 3 saturated carbocycles. The minimum absolute atomic E-state index is 0.0202. The highest BCUT2D eigenvalue weighted by Crippen LogP contribution is 2.67. The number of nitrogens with one attached hydrogen (secondary N) is 9. The fraction of sp³-hybridized carbons (Fsp3) is 0.632. The van der Waals surface area contributed by atoms with Crippen LogP contribution in [0.3, 0.4) is 0 Å². The summed E-state index contributed by atoms with van der Waals surface area (Å²) in [7, 11) is 3.73. The van der Waals surface area contributed by atoms with Crippen molar-refractivity contribution < 1.29 is 77.4 Å². The van der Waals surface area contributed by atoms with Crippen molar-refractivity contribution in [3.05, 3.63) is 138 Å². The summed E-state index contributed by atoms with van der Waals surface area (Å²) >= 11 is 0. The first-order valence-electron chi connectivity index (χ1n) is 45.8. The average molecular weight is 1760 g/mol. The van der Waals surface area contributed by atoms with Crippen LogP contribution in [0.1, 0.15) is 192 Å². The molecule has 12 rings (SSSR count). The van der Waals surface area contributed by atoms with Crippen LogP contribution < -0.4 is 52.4 Å². The van der Waals surface area contributed by atoms with Gasteiger partial charge >= 0.3 is 6.09 Å². The van der Waals surface area contributed by atoms with Crippen LogP contribution >= 0.6 is 21.6 Å². The number of fused-ring (bicyclic) bond motifs is 6. The number of pyridine rings is 1. The van der Waals surface area contributed by atoms with Gasteiger partial charge in [0.1, 0.15) is 61.0 Å². The molecule has 680 valence electrons. The number of rotatable bonds is 28. The maximum absolute atomic E-state index is 15.6. The number of unbranched alkanes of at least 4 members (excludes halogenated alkanes) is 1. The number of ether oxygens (including phenoxy) is 1. The summed E-state index contributed by atoms with van der Waals surface area (Å²) in [6.07, 6.45) is 26.3. The topological polar surface area (TPSA) is 389 Å². The van der Waals surface area contributed by atoms with Crippen LogP contribution in [-0.2, 0) is 67.8 Å². The van der Waals surface area contributed by atoms with Gasteiger partial charge in [0, 0.05) is 74.5 Å². The van der Waals surface area contributed by atoms with Crippen molar-refractivity contribution in [1.29, 1.82) is 0 Å². The summed E-state index contributed by atoms with van der Waals surface area (Å²) in [5.74, 6) is -4.13. The normalized spacial score (nSPS) is 31.0. The molecule has 4 aliphatic heterocycles. The molecule has 125 heavy (non-hydrogen) atoms. The zero-order valence-electron chi connectivity index (χ0n) is 73.9. The average Bonchev–Trinajstić information content (AvgIpc) is 1.64. The van der Waals surface area contributed by atoms with E-state index in [1.807, 2.05) is 24.3 Å². The number of aliphatic hydroxyl groups is 3. The van der Waals surface area contributed by atoms with Crippen molar-refractivity contribution in [2.24, 2.45) is 70.2 Å². The van der Waals surface area contributed by atoms with E-state index in [4.69, 9.17) is 9.73 Å². The van der Waals surface area contributed by atoms with E-state index >= 15 is 24.0 Å². The van der Waals surface area contributed by atoms with Crippen LogP contribution in [0.25, 0.3) is 0 Å². The Kier molecular flexibility index (Phi) is 33.8. The first-order valence-corrected chi connectivity index (χ1v) is 48.3. The highest BCUT2D eigenvalue weighted by molar-refractivity contribution is 8.76. The lowest BCUT2D eigenvalue weighted by molar-refractivity contribution is -0.671. The molecule has 9 aliphatic rings. The molecular weight excluding hydrogens is 1630 g/mol. The second-order valence-electron chi connectivity index (χ2n) is 37.5. The van der Waals surface area contributed by atoms with Crippen molar-refractivity contribution in [1.82, 2.24) is 57.7 Å². The highest BCUT2D eigenvalue weighted by Gasteiger charge is 2.60. The number of aryl methyl sites for hydroxylation is 1. The first-order chi connectivity index (χ1) is 60.0. The van der Waals surface area contributed by atoms with Gasteiger partial charge in [-0.2, -0.15) is 0 Å². The molecule has 10 amide bonds. The summed E-state index contributed by atoms with van der Waals surface area (Å²) in [5, 5.41) is 58.0. The summed E-state index contributed by atoms with van der Waals surface area (Å²) in [5.41, 5.74) is 3.47. The number of aliphatic hydroxyl groups excluding tert-OH is 3. The highest BCUT2D eigenvalue weighted by atomic mass is 33.1. The predicted octanol–water partition coefficient (Wildman–Crippen LogP) is 7.17. The van der Waals surface area contributed by atoms with Crippen molar-refractivity contribution in [2.75, 3.05) is 44.3 Å². The molecule has 3 aromatic rings. The Bertz CT molecular complexity index is 4400. The number of Topliss-reactive ketones (excluding diaryl/α,β-unsaturated/α-hetero) is 1. The molecule has 22 unspecified atom stereocenters. The van der Waals surface area contributed by atoms with Gasteiger partial charge in [0.25, 0.3) is 5.91 Å². The number of aliphatic imine (C=N–C) groups is 1. The van der Waals surface area contributed by atoms with Crippen LogP contribution in [0, 0.1) is 58.2 Å². The van der Waals surface area contributed by atoms with Crippen LogP contribution in [-0.4, -0.2) is 225 Å². The SMILES string of the molecule is CC(C)CCCC(C)C1CCC2C3CC=C4C[C@@H](OC(=O)NCCCCC5NCC(=O)C(CC6C=NC7C=CC=CC67)NC(=O)C(Cc6ccccc6)NC(=O)C(NC(=O)C(Cc6ccccc6)NC(=O)C6CCCN6C(=O)C6CCCN6C(=O)c6ccc[n+](C)c6)CSSCC(C(=O)NC(CO)C(C)O)NC(=O)C(C(C)O)NC5=O)CCC4(C)C3CCC12C. The molecule has 3 saturated heterocycles. The first kappa shape index (κ1) is 95.3. The molecule has 1 aromatic heterocycles. The molecule has 5 aliphatic carbocycles. The molecule has 6 fully saturated rings. The third kappa shape index (κ3) is 24.2. The fourth-order valence-corrected chi connectivity index (χ4v) is 23.8. The Balaban J connectivity index is 0.770. The minimum atomic E-state index is -1.74. The quantitative estimate of drug-likeness (QED) is 0.0148. The van der Waals surface area contributed by atoms with Gasteiger partial charge in [0.2, 0.25) is 47.3 Å². The van der Waals surface area contributed by atoms with E-state index in [0.717, 1.165) is 64.5 Å². The van der Waals surface area contributed by atoms with Gasteiger partial charge in [-0.3, -0.25) is 58.3 Å². The Morgan fingerprint density at radius 1 is 0.712 bits per heavy atom. The number of benzene rings is 2. The smallest absolute Gasteiger partial charge is 0.407 e. The number of amides is 10. The van der Waals surface area contributed by atoms with E-state index in [-0.39, 0.29) is 92.5 Å². The fourth-order valence-electron chi connectivity index (χ4n) is 21.5. The molecular formula is C95H134N13O15S2+. The van der Waals surface area contributed by atoms with E-state index in [0.29, 0.717) is 72.6 Å². The second-order valence-corrected chi connectivity index (χ2v) is 40.1. The summed E-state index contributed by atoms with van der Waals surface area (Å²) in [4.78, 5) is 171. The largest absolute Gasteiger partial charge is 0.446 e. The molecule has 2 aromatic carbocycles. The monoisotopic (exact) mass is 1760 g/mol. The van der Waals surface area contributed by atoms with Crippen molar-refractivity contribution in [3.63, 3.8) is 0 Å². The number of nitrogens with zero attached hydrogens (tertiary/aromatic N) is 4. The lowest BCUT2D eigenvalue weighted by Gasteiger charge is -2.58. The van der Waals surface area contributed by atoms with E-state index < -0.39 is 151 Å². The number of likely N-dealkylation sites (tertiary alicyclic amines) is 2. The van der Waals surface area contributed by atoms with Crippen LogP contribution in [0.15, 0.2) is 126 Å². The Morgan fingerprint density at radius 3 is 2.15 bits per heavy atom. The van der Waals surface area contributed by atoms with Gasteiger partial charge in [-0.15, -0.1) is 0 Å². The van der Waals surface area contributed by atoms with Gasteiger partial charge in [0.15, 0.2) is 18.2 Å². The molecule has 30 heteroatoms. The summed E-state index contributed by atoms with van der Waals surface area (Å²) in [6, 6.07) is 7.51. The molecule has 12 N–H and O–H groups in total. The zero-order valence-corrected chi connectivity index (χ0v) is 75.5. The van der Waals surface area contributed by atoms with E-state index in [1.54, 1.807) is 108 Å². The standard InChI is InChI=1S/C95H133N13O15S2/c1-57(2)23-19-24-58(3)69-37-38-70-68-36-35-65-50-66(39-41-94(65,6)71(68)40-42-95(69,70)7)123-93(122)96-43-18-17-32-73-84(113)105-83(60(5)111)90(119)104-79(88(117)102-77(54-109)59(4)110)56-125-124-55-78(87(116)100-75(47-61-25-11-9-12-26-61)85(114)99-74(82(112)52-98-73)49-64-51-97-72-31-16-15-30-67(64)72)103-86(115)76(48-62-27-13-10-14-28-62)101-89(118)80-33-21-45-107(80)92(121)81-34-22-46-108(81)91(120)63-29-20-44-106(8)53-63/h9-16,20,25-31,35,44,51,53,57-60,64,66-81,83,98,109-111H,17-19,21-24,32-34,36-43,45-50,52,54-56H2,1-8H3,(H7-,96,99,100,101,102,103,104,105,113,114,115,116,117,118,119,122)/p+1/t58?,59?,60?,64?,66-,67?,68?,69?,70?,71?,72?,73?,74?,75?,76?,77?,78?,79?,80?,81?,83?,94?,95?/m0/s1. The molecule has 0 spiro atoms. The Labute approximate surface area is 744 Å². The number of alkyl carbamates (subject to hydrolysis) is 1. The van der Waals surface area contributed by atoms with E-state index in [1.165, 1.54) is 69.3 Å². The summed E-state index contributed by atoms with van der Waals surface area (Å²) in [6.45, 7) is 14.3. The lowest BCUT2D eigenvalue weighted by atomic mass is 9.47. The maximum atomic E-state index is 15.6. The Hall–Kier alpha value is -8.81. The number of aromatic nitrogens is 1. The van der Waals surface area contributed by atoms with Crippen LogP contribution in [0.4, 0.5) is 4.79 Å². The Morgan fingerprint density at radius 2 is 1.42 bits per heavy atom. The number of carbonyl (C=O) groups is 11. The van der Waals surface area contributed by atoms with Gasteiger partial charge < -0.3 is 72.4 Å². The number of carbonyl (C=O) groups excluding carboxylic acids is 11. The van der Waals surface area contributed by atoms with E-state index in [9.17, 15) is 44.1 Å². The molecule has 28 nitrogen and oxygen atoms in total. The zero-order chi connectivity index (χ0) is 89.2. The third-order valence-corrected chi connectivity index (χ3v) is 30.9. The van der Waals surface area contributed by atoms with Crippen LogP contribution in [0.2, 0.25) is 0 Å². The van der Waals surface area contributed by atoms with Crippen molar-refractivity contribution in [2.45, 2.75) is 268 Å². The number of hydrogen-bond acceptors (Lipinski definition) is 19. The predicted molar refractivity (Wildman–Crippen MR) is 480 cm³/mol. The number of allylic oxidation sites excluding steroid dienone is 3. The number of hydrogen-bond donors (Lipinski definition) is 12. The molecule has 5 heterocycles. The minimum Gasteiger partial charge on any atom is -0.446 e. The van der Waals surface area contributed by atoms with Crippen molar-refractivity contribution >= 4 is 92.8 Å². The van der Waals surface area contributed by atoms with Crippen LogP contribution in [0.5, 0.6) is 0 Å². The second kappa shape index (κ2) is 44.3.